The number of halogens is 1. The van der Waals surface area contributed by atoms with Crippen molar-refractivity contribution in [3.05, 3.63) is 64.7 Å². The Balaban J connectivity index is 1.96. The van der Waals surface area contributed by atoms with E-state index in [0.717, 1.165) is 5.56 Å². The molecule has 0 aliphatic carbocycles. The maximum atomic E-state index is 12.7. The third-order valence-electron chi connectivity index (χ3n) is 3.53. The van der Waals surface area contributed by atoms with Gasteiger partial charge in [-0.1, -0.05) is 35.9 Å². The lowest BCUT2D eigenvalue weighted by Gasteiger charge is -2.20. The quantitative estimate of drug-likeness (QED) is 0.799. The van der Waals surface area contributed by atoms with Crippen LogP contribution in [0.5, 0.6) is 5.75 Å². The summed E-state index contributed by atoms with van der Waals surface area (Å²) in [6, 6.07) is 13.9. The van der Waals surface area contributed by atoms with Crippen molar-refractivity contribution in [1.29, 1.82) is 0 Å². The smallest absolute Gasteiger partial charge is 0.270 e. The summed E-state index contributed by atoms with van der Waals surface area (Å²) in [7, 11) is 0. The largest absolute Gasteiger partial charge is 0.480 e. The Morgan fingerprint density at radius 1 is 1.09 bits per heavy atom. The molecule has 5 heteroatoms. The minimum Gasteiger partial charge on any atom is -0.480 e. The number of ether oxygens (including phenoxy) is 1. The molecule has 0 radical (unpaired) electrons. The van der Waals surface area contributed by atoms with Gasteiger partial charge in [0.25, 0.3) is 11.8 Å². The Morgan fingerprint density at radius 2 is 1.77 bits per heavy atom. The van der Waals surface area contributed by atoms with E-state index in [2.05, 4.69) is 0 Å². The fourth-order valence-electron chi connectivity index (χ4n) is 2.37. The number of hydrogen-bond donors (Lipinski definition) is 0. The number of rotatable bonds is 2. The first-order valence-corrected chi connectivity index (χ1v) is 7.30. The van der Waals surface area contributed by atoms with E-state index in [1.165, 1.54) is 4.90 Å². The van der Waals surface area contributed by atoms with Crippen molar-refractivity contribution >= 4 is 23.4 Å². The van der Waals surface area contributed by atoms with Crippen LogP contribution in [0.15, 0.2) is 48.5 Å². The normalized spacial score (nSPS) is 17.7. The molecule has 2 amide bonds. The first-order valence-electron chi connectivity index (χ1n) is 6.92. The van der Waals surface area contributed by atoms with Gasteiger partial charge < -0.3 is 4.74 Å². The van der Waals surface area contributed by atoms with E-state index in [0.29, 0.717) is 16.3 Å². The lowest BCUT2D eigenvalue weighted by molar-refractivity contribution is -0.135. The van der Waals surface area contributed by atoms with E-state index in [4.69, 9.17) is 16.3 Å². The molecule has 22 heavy (non-hydrogen) atoms. The van der Waals surface area contributed by atoms with Crippen molar-refractivity contribution in [2.75, 3.05) is 0 Å². The van der Waals surface area contributed by atoms with Gasteiger partial charge in [-0.3, -0.25) is 14.5 Å². The van der Waals surface area contributed by atoms with E-state index in [1.807, 2.05) is 0 Å². The number of imide groups is 1. The third-order valence-corrected chi connectivity index (χ3v) is 3.79. The van der Waals surface area contributed by atoms with Crippen molar-refractivity contribution in [2.24, 2.45) is 0 Å². The van der Waals surface area contributed by atoms with Crippen LogP contribution in [-0.2, 0) is 11.3 Å². The number of benzene rings is 2. The number of nitrogens with zero attached hydrogens (tertiary/aromatic N) is 1. The molecule has 1 unspecified atom stereocenters. The molecule has 0 bridgehead atoms. The maximum Gasteiger partial charge on any atom is 0.270 e. The monoisotopic (exact) mass is 315 g/mol. The molecule has 0 N–H and O–H groups in total. The molecule has 0 fully saturated rings. The Labute approximate surface area is 133 Å². The zero-order chi connectivity index (χ0) is 15.7. The van der Waals surface area contributed by atoms with Gasteiger partial charge in [-0.15, -0.1) is 0 Å². The summed E-state index contributed by atoms with van der Waals surface area (Å²) in [5.74, 6) is -0.261. The first kappa shape index (κ1) is 14.6. The summed E-state index contributed by atoms with van der Waals surface area (Å²) in [6.45, 7) is 1.84. The molecule has 2 aromatic carbocycles. The Kier molecular flexibility index (Phi) is 3.86. The molecule has 1 aliphatic rings. The number of fused-ring (bicyclic) bond motifs is 1. The predicted molar refractivity (Wildman–Crippen MR) is 82.9 cm³/mol. The van der Waals surface area contributed by atoms with Crippen LogP contribution in [0.25, 0.3) is 0 Å². The summed E-state index contributed by atoms with van der Waals surface area (Å²) < 4.78 is 5.59. The number of carbonyl (C=O) groups excluding carboxylic acids is 2. The van der Waals surface area contributed by atoms with E-state index in [1.54, 1.807) is 55.5 Å². The van der Waals surface area contributed by atoms with Gasteiger partial charge >= 0.3 is 0 Å². The highest BCUT2D eigenvalue weighted by Crippen LogP contribution is 2.26. The fraction of sp³-hybridized carbons (Fsp3) is 0.176. The summed E-state index contributed by atoms with van der Waals surface area (Å²) in [5, 5.41) is 0.610. The third kappa shape index (κ3) is 2.70. The summed E-state index contributed by atoms with van der Waals surface area (Å²) in [6.07, 6.45) is -0.708. The van der Waals surface area contributed by atoms with E-state index < -0.39 is 6.10 Å². The van der Waals surface area contributed by atoms with Crippen LogP contribution in [-0.4, -0.2) is 22.8 Å². The van der Waals surface area contributed by atoms with Gasteiger partial charge in [0, 0.05) is 5.02 Å². The van der Waals surface area contributed by atoms with Crippen molar-refractivity contribution in [2.45, 2.75) is 19.6 Å². The van der Waals surface area contributed by atoms with Crippen LogP contribution in [0.2, 0.25) is 5.02 Å². The van der Waals surface area contributed by atoms with Crippen LogP contribution in [0, 0.1) is 0 Å². The van der Waals surface area contributed by atoms with Gasteiger partial charge in [0.2, 0.25) is 0 Å². The maximum absolute atomic E-state index is 12.7. The zero-order valence-corrected chi connectivity index (χ0v) is 12.7. The van der Waals surface area contributed by atoms with Crippen LogP contribution in [0.3, 0.4) is 0 Å². The van der Waals surface area contributed by atoms with E-state index >= 15 is 0 Å². The van der Waals surface area contributed by atoms with Gasteiger partial charge in [0.1, 0.15) is 5.75 Å². The van der Waals surface area contributed by atoms with Crippen LogP contribution in [0.1, 0.15) is 22.8 Å². The number of para-hydroxylation sites is 1. The molecule has 3 rings (SSSR count). The summed E-state index contributed by atoms with van der Waals surface area (Å²) in [5.41, 5.74) is 1.23. The Hall–Kier alpha value is -2.33. The fourth-order valence-corrected chi connectivity index (χ4v) is 2.50. The van der Waals surface area contributed by atoms with Crippen molar-refractivity contribution in [1.82, 2.24) is 4.90 Å². The molecule has 0 aromatic heterocycles. The Bertz CT molecular complexity index is 727. The SMILES string of the molecule is CC1Oc2ccccc2C(=O)N(Cc2ccc(Cl)cc2)C1=O. The molecule has 0 saturated heterocycles. The minimum atomic E-state index is -0.708. The van der Waals surface area contributed by atoms with Gasteiger partial charge in [-0.05, 0) is 36.8 Å². The van der Waals surface area contributed by atoms with Gasteiger partial charge in [-0.25, -0.2) is 0 Å². The van der Waals surface area contributed by atoms with Crippen LogP contribution < -0.4 is 4.74 Å². The number of carbonyl (C=O) groups is 2. The topological polar surface area (TPSA) is 46.6 Å². The molecular formula is C17H14ClNO3. The van der Waals surface area contributed by atoms with E-state index in [9.17, 15) is 9.59 Å². The van der Waals surface area contributed by atoms with Gasteiger partial charge in [0.15, 0.2) is 6.10 Å². The number of hydrogen-bond acceptors (Lipinski definition) is 3. The Morgan fingerprint density at radius 3 is 2.50 bits per heavy atom. The second kappa shape index (κ2) is 5.81. The van der Waals surface area contributed by atoms with Crippen LogP contribution in [0.4, 0.5) is 0 Å². The van der Waals surface area contributed by atoms with Crippen molar-refractivity contribution in [3.8, 4) is 5.75 Å². The number of amides is 2. The average Bonchev–Trinajstić information content (AvgIpc) is 2.61. The molecular weight excluding hydrogens is 302 g/mol. The average molecular weight is 316 g/mol. The van der Waals surface area contributed by atoms with Gasteiger partial charge in [-0.2, -0.15) is 0 Å². The van der Waals surface area contributed by atoms with Gasteiger partial charge in [0.05, 0.1) is 12.1 Å². The minimum absolute atomic E-state index is 0.191. The zero-order valence-electron chi connectivity index (χ0n) is 12.0. The van der Waals surface area contributed by atoms with E-state index in [-0.39, 0.29) is 18.4 Å². The van der Waals surface area contributed by atoms with Crippen molar-refractivity contribution in [3.63, 3.8) is 0 Å². The first-order chi connectivity index (χ1) is 10.6. The molecule has 112 valence electrons. The second-order valence-electron chi connectivity index (χ2n) is 5.11. The van der Waals surface area contributed by atoms with Crippen LogP contribution >= 0.6 is 11.6 Å². The molecule has 0 saturated carbocycles. The molecule has 1 aliphatic heterocycles. The highest BCUT2D eigenvalue weighted by Gasteiger charge is 2.33. The highest BCUT2D eigenvalue weighted by atomic mass is 35.5. The lowest BCUT2D eigenvalue weighted by Crippen LogP contribution is -2.41. The molecule has 1 heterocycles. The molecule has 1 atom stereocenters. The molecule has 2 aromatic rings. The highest BCUT2D eigenvalue weighted by molar-refractivity contribution is 6.30. The summed E-state index contributed by atoms with van der Waals surface area (Å²) >= 11 is 5.86. The summed E-state index contributed by atoms with van der Waals surface area (Å²) in [4.78, 5) is 26.3. The second-order valence-corrected chi connectivity index (χ2v) is 5.55. The molecule has 0 spiro atoms. The standard InChI is InChI=1S/C17H14ClNO3/c1-11-16(20)19(10-12-6-8-13(18)9-7-12)17(21)14-4-2-3-5-15(14)22-11/h2-9,11H,10H2,1H3. The lowest BCUT2D eigenvalue weighted by atomic mass is 10.1. The van der Waals surface area contributed by atoms with Crippen molar-refractivity contribution < 1.29 is 14.3 Å². The predicted octanol–water partition coefficient (Wildman–Crippen LogP) is 3.29. The molecule has 4 nitrogen and oxygen atoms in total.